The van der Waals surface area contributed by atoms with Gasteiger partial charge < -0.3 is 5.11 Å². The number of aliphatic carboxylic acids is 1. The monoisotopic (exact) mass is 407 g/mol. The van der Waals surface area contributed by atoms with Gasteiger partial charge in [0.25, 0.3) is 0 Å². The van der Waals surface area contributed by atoms with Gasteiger partial charge in [0.1, 0.15) is 4.75 Å². The Morgan fingerprint density at radius 1 is 1.26 bits per heavy atom. The Morgan fingerprint density at radius 3 is 2.78 bits per heavy atom. The van der Waals surface area contributed by atoms with Gasteiger partial charge in [0.2, 0.25) is 0 Å². The third-order valence-corrected chi connectivity index (χ3v) is 6.35. The first-order chi connectivity index (χ1) is 10.9. The number of carbonyl (C=O) groups is 1. The van der Waals surface area contributed by atoms with E-state index in [9.17, 15) is 9.90 Å². The molecule has 0 unspecified atom stereocenters. The average Bonchev–Trinajstić information content (AvgIpc) is 2.93. The fourth-order valence-electron chi connectivity index (χ4n) is 2.15. The second-order valence-electron chi connectivity index (χ2n) is 5.56. The summed E-state index contributed by atoms with van der Waals surface area (Å²) in [5, 5.41) is 10.4. The summed E-state index contributed by atoms with van der Waals surface area (Å²) in [6.07, 6.45) is 1.80. The summed E-state index contributed by atoms with van der Waals surface area (Å²) in [4.78, 5) is 16.8. The zero-order chi connectivity index (χ0) is 16.6. The molecule has 3 rings (SSSR count). The molecule has 0 aliphatic rings. The summed E-state index contributed by atoms with van der Waals surface area (Å²) < 4.78 is 1.16. The number of carboxylic acid groups (broad SMARTS) is 1. The molecular formula is C17H14BrNO2S2. The van der Waals surface area contributed by atoms with Gasteiger partial charge in [-0.05, 0) is 44.2 Å². The molecule has 6 heteroatoms. The van der Waals surface area contributed by atoms with Crippen molar-refractivity contribution in [3.63, 3.8) is 0 Å². The largest absolute Gasteiger partial charge is 0.480 e. The first-order valence-corrected chi connectivity index (χ1v) is 9.36. The summed E-state index contributed by atoms with van der Waals surface area (Å²) in [5.41, 5.74) is 2.05. The lowest BCUT2D eigenvalue weighted by Crippen LogP contribution is -2.26. The van der Waals surface area contributed by atoms with Gasteiger partial charge in [0.15, 0.2) is 0 Å². The first kappa shape index (κ1) is 16.5. The highest BCUT2D eigenvalue weighted by Crippen LogP contribution is 2.41. The van der Waals surface area contributed by atoms with E-state index in [0.717, 1.165) is 30.0 Å². The van der Waals surface area contributed by atoms with E-state index in [2.05, 4.69) is 27.0 Å². The molecule has 2 aromatic heterocycles. The normalized spacial score (nSPS) is 11.8. The van der Waals surface area contributed by atoms with E-state index in [1.54, 1.807) is 31.4 Å². The van der Waals surface area contributed by atoms with Crippen molar-refractivity contribution in [2.24, 2.45) is 0 Å². The smallest absolute Gasteiger partial charge is 0.319 e. The lowest BCUT2D eigenvalue weighted by atomic mass is 10.1. The second-order valence-corrected chi connectivity index (χ2v) is 9.48. The number of pyridine rings is 1. The van der Waals surface area contributed by atoms with Crippen LogP contribution in [0.1, 0.15) is 13.8 Å². The predicted molar refractivity (Wildman–Crippen MR) is 100 cm³/mol. The van der Waals surface area contributed by atoms with Crippen LogP contribution in [0.15, 0.2) is 51.3 Å². The van der Waals surface area contributed by atoms with Gasteiger partial charge in [0, 0.05) is 26.5 Å². The number of fused-ring (bicyclic) bond motifs is 1. The minimum absolute atomic E-state index is 0.809. The number of halogens is 1. The number of rotatable bonds is 4. The van der Waals surface area contributed by atoms with Crippen molar-refractivity contribution in [3.05, 3.63) is 47.1 Å². The number of aromatic nitrogens is 1. The first-order valence-electron chi connectivity index (χ1n) is 6.94. The van der Waals surface area contributed by atoms with E-state index in [-0.39, 0.29) is 0 Å². The van der Waals surface area contributed by atoms with Crippen molar-refractivity contribution in [2.75, 3.05) is 0 Å². The summed E-state index contributed by atoms with van der Waals surface area (Å²) in [5.74, 6) is -0.809. The highest BCUT2D eigenvalue weighted by molar-refractivity contribution is 9.10. The number of hydrogen-bond donors (Lipinski definition) is 1. The SMILES string of the molecule is CC(C)(Sc1ccc(-c2ccnc3cc(Br)ccc23)s1)C(=O)O. The van der Waals surface area contributed by atoms with Crippen LogP contribution in [-0.2, 0) is 4.79 Å². The number of thioether (sulfide) groups is 1. The maximum atomic E-state index is 11.3. The molecule has 2 heterocycles. The van der Waals surface area contributed by atoms with Crippen molar-refractivity contribution in [2.45, 2.75) is 22.8 Å². The molecule has 1 aromatic carbocycles. The zero-order valence-corrected chi connectivity index (χ0v) is 15.8. The lowest BCUT2D eigenvalue weighted by molar-refractivity contribution is -0.138. The van der Waals surface area contributed by atoms with Crippen molar-refractivity contribution < 1.29 is 9.90 Å². The van der Waals surface area contributed by atoms with Gasteiger partial charge >= 0.3 is 5.97 Å². The average molecular weight is 408 g/mol. The van der Waals surface area contributed by atoms with Gasteiger partial charge in [-0.1, -0.05) is 33.8 Å². The van der Waals surface area contributed by atoms with Crippen molar-refractivity contribution in [3.8, 4) is 10.4 Å². The Morgan fingerprint density at radius 2 is 2.04 bits per heavy atom. The van der Waals surface area contributed by atoms with Gasteiger partial charge in [-0.3, -0.25) is 9.78 Å². The number of thiophene rings is 1. The van der Waals surface area contributed by atoms with Crippen molar-refractivity contribution in [1.82, 2.24) is 4.98 Å². The second kappa shape index (κ2) is 6.26. The molecule has 0 fully saturated rings. The molecule has 0 spiro atoms. The fraction of sp³-hybridized carbons (Fsp3) is 0.176. The van der Waals surface area contributed by atoms with E-state index in [1.165, 1.54) is 11.8 Å². The zero-order valence-electron chi connectivity index (χ0n) is 12.5. The molecule has 118 valence electrons. The molecule has 0 atom stereocenters. The molecule has 3 aromatic rings. The standard InChI is InChI=1S/C17H14BrNO2S2/c1-17(2,16(20)21)23-15-6-5-14(22-15)12-7-8-19-13-9-10(18)3-4-11(12)13/h3-9H,1-2H3,(H,20,21). The van der Waals surface area contributed by atoms with E-state index in [0.29, 0.717) is 0 Å². The third-order valence-electron chi connectivity index (χ3n) is 3.42. The van der Waals surface area contributed by atoms with Crippen LogP contribution in [0.5, 0.6) is 0 Å². The Balaban J connectivity index is 1.99. The van der Waals surface area contributed by atoms with E-state index in [1.807, 2.05) is 30.3 Å². The topological polar surface area (TPSA) is 50.2 Å². The summed E-state index contributed by atoms with van der Waals surface area (Å²) >= 11 is 6.45. The molecule has 0 radical (unpaired) electrons. The van der Waals surface area contributed by atoms with Crippen LogP contribution in [0, 0.1) is 0 Å². The number of nitrogens with zero attached hydrogens (tertiary/aromatic N) is 1. The molecule has 23 heavy (non-hydrogen) atoms. The van der Waals surface area contributed by atoms with E-state index >= 15 is 0 Å². The van der Waals surface area contributed by atoms with Crippen molar-refractivity contribution >= 4 is 55.9 Å². The molecule has 1 N–H and O–H groups in total. The number of carboxylic acids is 1. The third kappa shape index (κ3) is 3.44. The van der Waals surface area contributed by atoms with Gasteiger partial charge in [-0.2, -0.15) is 0 Å². The highest BCUT2D eigenvalue weighted by Gasteiger charge is 2.29. The minimum atomic E-state index is -0.840. The summed E-state index contributed by atoms with van der Waals surface area (Å²) in [7, 11) is 0. The molecular weight excluding hydrogens is 394 g/mol. The molecule has 0 bridgehead atoms. The van der Waals surface area contributed by atoms with Crippen LogP contribution < -0.4 is 0 Å². The van der Waals surface area contributed by atoms with Gasteiger partial charge in [-0.25, -0.2) is 0 Å². The van der Waals surface area contributed by atoms with Crippen LogP contribution in [-0.4, -0.2) is 20.8 Å². The summed E-state index contributed by atoms with van der Waals surface area (Å²) in [6, 6.07) is 12.1. The molecule has 0 amide bonds. The Labute approximate surface area is 150 Å². The van der Waals surface area contributed by atoms with Crippen LogP contribution >= 0.6 is 39.0 Å². The lowest BCUT2D eigenvalue weighted by Gasteiger charge is -2.16. The van der Waals surface area contributed by atoms with Crippen LogP contribution in [0.2, 0.25) is 0 Å². The van der Waals surface area contributed by atoms with Gasteiger partial charge in [-0.15, -0.1) is 11.3 Å². The maximum absolute atomic E-state index is 11.3. The minimum Gasteiger partial charge on any atom is -0.480 e. The number of hydrogen-bond acceptors (Lipinski definition) is 4. The van der Waals surface area contributed by atoms with Crippen molar-refractivity contribution in [1.29, 1.82) is 0 Å². The Bertz CT molecular complexity index is 889. The molecule has 3 nitrogen and oxygen atoms in total. The highest BCUT2D eigenvalue weighted by atomic mass is 79.9. The summed E-state index contributed by atoms with van der Waals surface area (Å²) in [6.45, 7) is 3.44. The fourth-order valence-corrected chi connectivity index (χ4v) is 5.06. The van der Waals surface area contributed by atoms with Crippen LogP contribution in [0.4, 0.5) is 0 Å². The Kier molecular flexibility index (Phi) is 4.49. The Hall–Kier alpha value is -1.37. The van der Waals surface area contributed by atoms with Gasteiger partial charge in [0.05, 0.1) is 9.73 Å². The number of benzene rings is 1. The molecule has 0 saturated heterocycles. The quantitative estimate of drug-likeness (QED) is 0.565. The maximum Gasteiger partial charge on any atom is 0.319 e. The van der Waals surface area contributed by atoms with Crippen LogP contribution in [0.3, 0.4) is 0 Å². The predicted octanol–water partition coefficient (Wildman–Crippen LogP) is 5.68. The molecule has 0 aliphatic carbocycles. The molecule has 0 saturated carbocycles. The van der Waals surface area contributed by atoms with Crippen LogP contribution in [0.25, 0.3) is 21.3 Å². The van der Waals surface area contributed by atoms with E-state index < -0.39 is 10.7 Å². The molecule has 0 aliphatic heterocycles. The van der Waals surface area contributed by atoms with E-state index in [4.69, 9.17) is 0 Å².